The van der Waals surface area contributed by atoms with Crippen LogP contribution in [0.3, 0.4) is 0 Å². The summed E-state index contributed by atoms with van der Waals surface area (Å²) in [5.74, 6) is -0.0928. The number of nitrogens with one attached hydrogen (secondary N) is 3. The third kappa shape index (κ3) is 4.58. The summed E-state index contributed by atoms with van der Waals surface area (Å²) in [5, 5.41) is 11.0. The topological polar surface area (TPSA) is 70.2 Å². The van der Waals surface area contributed by atoms with Crippen LogP contribution in [0.2, 0.25) is 0 Å². The van der Waals surface area contributed by atoms with Gasteiger partial charge in [0.05, 0.1) is 6.54 Å². The predicted octanol–water partition coefficient (Wildman–Crippen LogP) is 2.76. The molecule has 0 bridgehead atoms. The Morgan fingerprint density at radius 3 is 2.58 bits per heavy atom. The fraction of sp³-hybridized carbons (Fsp3) is 0.333. The molecule has 126 valence electrons. The molecule has 2 aromatic rings. The molecule has 1 unspecified atom stereocenters. The molecule has 1 fully saturated rings. The molecule has 0 saturated heterocycles. The number of hydrogen-bond acceptors (Lipinski definition) is 4. The van der Waals surface area contributed by atoms with E-state index in [9.17, 15) is 9.59 Å². The molecule has 3 rings (SSSR count). The van der Waals surface area contributed by atoms with Gasteiger partial charge in [-0.05, 0) is 55.5 Å². The second kappa shape index (κ2) is 7.49. The van der Waals surface area contributed by atoms with Crippen molar-refractivity contribution in [2.24, 2.45) is 0 Å². The standard InChI is InChI=1S/C18H21N3O2S/c1-12(17(22)19-11-16-3-2-10-24-16)20-14-6-4-13(5-7-14)18(23)21-15-8-9-15/h2-7,10,12,15,20H,8-9,11H2,1H3,(H,19,22)(H,21,23). The molecule has 0 spiro atoms. The van der Waals surface area contributed by atoms with Crippen LogP contribution in [0.4, 0.5) is 5.69 Å². The molecule has 0 radical (unpaired) electrons. The first kappa shape index (κ1) is 16.5. The van der Waals surface area contributed by atoms with E-state index in [4.69, 9.17) is 0 Å². The van der Waals surface area contributed by atoms with Gasteiger partial charge in [-0.25, -0.2) is 0 Å². The summed E-state index contributed by atoms with van der Waals surface area (Å²) in [6.45, 7) is 2.36. The average Bonchev–Trinajstić information content (AvgIpc) is 3.24. The number of thiophene rings is 1. The van der Waals surface area contributed by atoms with Crippen LogP contribution in [0.5, 0.6) is 0 Å². The number of benzene rings is 1. The predicted molar refractivity (Wildman–Crippen MR) is 96.2 cm³/mol. The Balaban J connectivity index is 1.48. The fourth-order valence-corrected chi connectivity index (χ4v) is 2.91. The maximum atomic E-state index is 12.1. The molecule has 2 amide bonds. The largest absolute Gasteiger partial charge is 0.374 e. The summed E-state index contributed by atoms with van der Waals surface area (Å²) in [7, 11) is 0. The average molecular weight is 343 g/mol. The van der Waals surface area contributed by atoms with Crippen LogP contribution in [0.15, 0.2) is 41.8 Å². The zero-order valence-electron chi connectivity index (χ0n) is 13.5. The van der Waals surface area contributed by atoms with Crippen molar-refractivity contribution >= 4 is 28.8 Å². The van der Waals surface area contributed by atoms with Crippen molar-refractivity contribution < 1.29 is 9.59 Å². The van der Waals surface area contributed by atoms with Gasteiger partial charge in [-0.15, -0.1) is 11.3 Å². The smallest absolute Gasteiger partial charge is 0.251 e. The van der Waals surface area contributed by atoms with Gasteiger partial charge in [0.2, 0.25) is 5.91 Å². The lowest BCUT2D eigenvalue weighted by Crippen LogP contribution is -2.37. The van der Waals surface area contributed by atoms with Crippen LogP contribution in [0.1, 0.15) is 35.0 Å². The SMILES string of the molecule is CC(Nc1ccc(C(=O)NC2CC2)cc1)C(=O)NCc1cccs1. The zero-order chi connectivity index (χ0) is 16.9. The molecule has 6 heteroatoms. The van der Waals surface area contributed by atoms with Crippen LogP contribution in [-0.4, -0.2) is 23.9 Å². The number of rotatable bonds is 7. The Bertz CT molecular complexity index is 694. The van der Waals surface area contributed by atoms with E-state index in [1.54, 1.807) is 23.5 Å². The molecule has 1 aromatic heterocycles. The van der Waals surface area contributed by atoms with Gasteiger partial charge < -0.3 is 16.0 Å². The van der Waals surface area contributed by atoms with E-state index < -0.39 is 0 Å². The molecular formula is C18H21N3O2S. The van der Waals surface area contributed by atoms with E-state index in [1.165, 1.54) is 0 Å². The van der Waals surface area contributed by atoms with E-state index in [-0.39, 0.29) is 17.9 Å². The van der Waals surface area contributed by atoms with E-state index >= 15 is 0 Å². The quantitative estimate of drug-likeness (QED) is 0.724. The van der Waals surface area contributed by atoms with Crippen LogP contribution in [0.25, 0.3) is 0 Å². The van der Waals surface area contributed by atoms with E-state index in [2.05, 4.69) is 16.0 Å². The van der Waals surface area contributed by atoms with Crippen LogP contribution >= 0.6 is 11.3 Å². The van der Waals surface area contributed by atoms with Crippen molar-refractivity contribution in [3.05, 3.63) is 52.2 Å². The minimum atomic E-state index is -0.351. The Morgan fingerprint density at radius 1 is 1.21 bits per heavy atom. The van der Waals surface area contributed by atoms with Crippen LogP contribution in [-0.2, 0) is 11.3 Å². The van der Waals surface area contributed by atoms with Crippen molar-refractivity contribution in [2.75, 3.05) is 5.32 Å². The number of hydrogen-bond donors (Lipinski definition) is 3. The number of anilines is 1. The highest BCUT2D eigenvalue weighted by Gasteiger charge is 2.23. The lowest BCUT2D eigenvalue weighted by molar-refractivity contribution is -0.121. The third-order valence-electron chi connectivity index (χ3n) is 3.85. The van der Waals surface area contributed by atoms with E-state index in [0.29, 0.717) is 18.2 Å². The molecule has 24 heavy (non-hydrogen) atoms. The lowest BCUT2D eigenvalue weighted by atomic mass is 10.2. The Hall–Kier alpha value is -2.34. The maximum Gasteiger partial charge on any atom is 0.251 e. The highest BCUT2D eigenvalue weighted by Crippen LogP contribution is 2.19. The first-order chi connectivity index (χ1) is 11.6. The van der Waals surface area contributed by atoms with Gasteiger partial charge in [0.1, 0.15) is 6.04 Å². The van der Waals surface area contributed by atoms with Gasteiger partial charge in [-0.1, -0.05) is 6.07 Å². The van der Waals surface area contributed by atoms with Crippen LogP contribution in [0, 0.1) is 0 Å². The Morgan fingerprint density at radius 2 is 1.96 bits per heavy atom. The number of carbonyl (C=O) groups excluding carboxylic acids is 2. The molecule has 1 aliphatic carbocycles. The second-order valence-corrected chi connectivity index (χ2v) is 7.02. The molecule has 1 aliphatic rings. The molecule has 1 saturated carbocycles. The summed E-state index contributed by atoms with van der Waals surface area (Å²) < 4.78 is 0. The van der Waals surface area contributed by atoms with Crippen molar-refractivity contribution in [1.82, 2.24) is 10.6 Å². The van der Waals surface area contributed by atoms with Crippen molar-refractivity contribution in [3.8, 4) is 0 Å². The fourth-order valence-electron chi connectivity index (χ4n) is 2.27. The summed E-state index contributed by atoms with van der Waals surface area (Å²) in [5.41, 5.74) is 1.46. The third-order valence-corrected chi connectivity index (χ3v) is 4.73. The van der Waals surface area contributed by atoms with Gasteiger partial charge in [0.15, 0.2) is 0 Å². The molecule has 1 aromatic carbocycles. The molecule has 5 nitrogen and oxygen atoms in total. The summed E-state index contributed by atoms with van der Waals surface area (Å²) in [6, 6.07) is 11.2. The molecule has 1 heterocycles. The Kier molecular flexibility index (Phi) is 5.15. The molecule has 1 atom stereocenters. The monoisotopic (exact) mass is 343 g/mol. The van der Waals surface area contributed by atoms with E-state index in [0.717, 1.165) is 23.4 Å². The van der Waals surface area contributed by atoms with Gasteiger partial charge in [-0.2, -0.15) is 0 Å². The second-order valence-electron chi connectivity index (χ2n) is 5.99. The summed E-state index contributed by atoms with van der Waals surface area (Å²) >= 11 is 1.62. The minimum absolute atomic E-state index is 0.0363. The lowest BCUT2D eigenvalue weighted by Gasteiger charge is -2.15. The van der Waals surface area contributed by atoms with Crippen molar-refractivity contribution in [2.45, 2.75) is 38.4 Å². The zero-order valence-corrected chi connectivity index (χ0v) is 14.4. The molecule has 3 N–H and O–H groups in total. The van der Waals surface area contributed by atoms with Crippen LogP contribution < -0.4 is 16.0 Å². The highest BCUT2D eigenvalue weighted by molar-refractivity contribution is 7.09. The Labute approximate surface area is 145 Å². The maximum absolute atomic E-state index is 12.1. The minimum Gasteiger partial charge on any atom is -0.374 e. The van der Waals surface area contributed by atoms with Gasteiger partial charge in [0.25, 0.3) is 5.91 Å². The number of carbonyl (C=O) groups is 2. The van der Waals surface area contributed by atoms with Gasteiger partial charge in [-0.3, -0.25) is 9.59 Å². The van der Waals surface area contributed by atoms with Gasteiger partial charge >= 0.3 is 0 Å². The number of amides is 2. The first-order valence-electron chi connectivity index (χ1n) is 8.09. The normalized spacial score (nSPS) is 14.7. The molecule has 0 aliphatic heterocycles. The van der Waals surface area contributed by atoms with Crippen molar-refractivity contribution in [1.29, 1.82) is 0 Å². The summed E-state index contributed by atoms with van der Waals surface area (Å²) in [6.07, 6.45) is 2.15. The van der Waals surface area contributed by atoms with E-state index in [1.807, 2.05) is 36.6 Å². The van der Waals surface area contributed by atoms with Crippen molar-refractivity contribution in [3.63, 3.8) is 0 Å². The first-order valence-corrected chi connectivity index (χ1v) is 8.97. The molecular weight excluding hydrogens is 322 g/mol. The highest BCUT2D eigenvalue weighted by atomic mass is 32.1. The van der Waals surface area contributed by atoms with Gasteiger partial charge in [0, 0.05) is 22.2 Å². The summed E-state index contributed by atoms with van der Waals surface area (Å²) in [4.78, 5) is 25.2.